The van der Waals surface area contributed by atoms with E-state index in [4.69, 9.17) is 0 Å². The smallest absolute Gasteiger partial charge is 0.197 e. The van der Waals surface area contributed by atoms with Gasteiger partial charge in [0, 0.05) is 23.1 Å². The highest BCUT2D eigenvalue weighted by Crippen LogP contribution is 2.51. The molecule has 1 aliphatic carbocycles. The summed E-state index contributed by atoms with van der Waals surface area (Å²) in [7, 11) is 2.08. The van der Waals surface area contributed by atoms with Crippen LogP contribution in [0, 0.1) is 0 Å². The lowest BCUT2D eigenvalue weighted by Crippen LogP contribution is -2.23. The van der Waals surface area contributed by atoms with Crippen molar-refractivity contribution < 1.29 is 9.59 Å². The van der Waals surface area contributed by atoms with Crippen LogP contribution in [0.2, 0.25) is 0 Å². The summed E-state index contributed by atoms with van der Waals surface area (Å²) in [6, 6.07) is 27.6. The quantitative estimate of drug-likeness (QED) is 0.258. The minimum atomic E-state index is -0.198. The summed E-state index contributed by atoms with van der Waals surface area (Å²) in [6.45, 7) is 0. The van der Waals surface area contributed by atoms with Crippen LogP contribution in [-0.2, 0) is 0 Å². The number of anilines is 5. The Morgan fingerprint density at radius 1 is 0.656 bits per heavy atom. The minimum Gasteiger partial charge on any atom is -0.341 e. The van der Waals surface area contributed by atoms with Gasteiger partial charge in [-0.05, 0) is 42.5 Å². The number of para-hydroxylation sites is 4. The number of hydrogen-bond donors (Lipinski definition) is 0. The number of Topliss-reactive ketones (excluding diaryl/α,β-unsaturated/α-hetero) is 2. The molecule has 32 heavy (non-hydrogen) atoms. The number of carbonyl (C=O) groups is 2. The second-order valence-electron chi connectivity index (χ2n) is 7.81. The molecule has 0 atom stereocenters. The van der Waals surface area contributed by atoms with Gasteiger partial charge in [0.15, 0.2) is 11.6 Å². The molecule has 1 aliphatic heterocycles. The number of hydrogen-bond acceptors (Lipinski definition) is 5. The molecule has 0 spiro atoms. The van der Waals surface area contributed by atoms with Crippen molar-refractivity contribution in [3.8, 4) is 0 Å². The molecule has 2 aliphatic rings. The fourth-order valence-corrected chi connectivity index (χ4v) is 5.43. The Morgan fingerprint density at radius 3 is 1.72 bits per heavy atom. The van der Waals surface area contributed by atoms with Crippen LogP contribution in [0.1, 0.15) is 25.6 Å². The first-order valence-corrected chi connectivity index (χ1v) is 11.2. The predicted octanol–water partition coefficient (Wildman–Crippen LogP) is 6.76. The molecular weight excluding hydrogens is 416 g/mol. The SMILES string of the molecule is CN1c2ccccc2N(c2ccc(C=C3C(=O)c4ccccc4C3=O)s2)c2ccccc21. The van der Waals surface area contributed by atoms with Crippen LogP contribution in [0.25, 0.3) is 6.08 Å². The molecular formula is C27H18N2O2S. The number of rotatable bonds is 2. The van der Waals surface area contributed by atoms with Crippen molar-refractivity contribution in [2.45, 2.75) is 0 Å². The lowest BCUT2D eigenvalue weighted by atomic mass is 10.1. The summed E-state index contributed by atoms with van der Waals surface area (Å²) in [5, 5.41) is 1.03. The molecule has 0 amide bonds. The normalized spacial score (nSPS) is 14.3. The Bertz CT molecular complexity index is 1360. The molecule has 5 heteroatoms. The monoisotopic (exact) mass is 434 g/mol. The van der Waals surface area contributed by atoms with Gasteiger partial charge in [-0.15, -0.1) is 11.3 Å². The third-order valence-electron chi connectivity index (χ3n) is 5.99. The van der Waals surface area contributed by atoms with Gasteiger partial charge in [-0.1, -0.05) is 48.5 Å². The van der Waals surface area contributed by atoms with Gasteiger partial charge in [0.05, 0.1) is 28.3 Å². The number of fused-ring (bicyclic) bond motifs is 3. The molecule has 3 aromatic carbocycles. The maximum Gasteiger partial charge on any atom is 0.197 e. The number of thiophene rings is 1. The van der Waals surface area contributed by atoms with E-state index in [-0.39, 0.29) is 17.1 Å². The maximum absolute atomic E-state index is 12.8. The molecule has 4 nitrogen and oxygen atoms in total. The van der Waals surface area contributed by atoms with E-state index in [2.05, 4.69) is 41.1 Å². The van der Waals surface area contributed by atoms with Crippen molar-refractivity contribution in [3.63, 3.8) is 0 Å². The highest BCUT2D eigenvalue weighted by Gasteiger charge is 2.33. The van der Waals surface area contributed by atoms with Crippen molar-refractivity contribution in [1.82, 2.24) is 0 Å². The molecule has 0 saturated heterocycles. The van der Waals surface area contributed by atoms with E-state index in [1.165, 1.54) is 0 Å². The first-order chi connectivity index (χ1) is 15.6. The number of benzene rings is 3. The molecule has 0 bridgehead atoms. The standard InChI is InChI=1S/C27H18N2O2S/c1-28-21-10-4-6-12-23(21)29(24-13-7-5-11-22(24)28)25-15-14-17(32-25)16-20-26(30)18-8-2-3-9-19(18)27(20)31/h2-16H,1H3. The van der Waals surface area contributed by atoms with Gasteiger partial charge in [0.2, 0.25) is 0 Å². The lowest BCUT2D eigenvalue weighted by Gasteiger charge is -2.37. The third-order valence-corrected chi connectivity index (χ3v) is 7.01. The van der Waals surface area contributed by atoms with Crippen molar-refractivity contribution >= 4 is 56.7 Å². The number of allylic oxidation sites excluding steroid dienone is 1. The first kappa shape index (κ1) is 18.8. The van der Waals surface area contributed by atoms with E-state index in [1.807, 2.05) is 36.4 Å². The Morgan fingerprint density at radius 2 is 1.16 bits per heavy atom. The Kier molecular flexibility index (Phi) is 4.13. The van der Waals surface area contributed by atoms with Crippen LogP contribution in [0.15, 0.2) is 90.5 Å². The largest absolute Gasteiger partial charge is 0.341 e. The highest BCUT2D eigenvalue weighted by atomic mass is 32.1. The van der Waals surface area contributed by atoms with E-state index < -0.39 is 0 Å². The fraction of sp³-hybridized carbons (Fsp3) is 0.0370. The number of ketones is 2. The van der Waals surface area contributed by atoms with Gasteiger partial charge in [-0.25, -0.2) is 0 Å². The van der Waals surface area contributed by atoms with E-state index in [0.717, 1.165) is 32.6 Å². The van der Waals surface area contributed by atoms with Gasteiger partial charge in [0.1, 0.15) is 5.00 Å². The number of carbonyl (C=O) groups excluding carboxylic acids is 2. The van der Waals surface area contributed by atoms with Crippen LogP contribution in [0.3, 0.4) is 0 Å². The van der Waals surface area contributed by atoms with E-state index in [9.17, 15) is 9.59 Å². The molecule has 2 heterocycles. The zero-order valence-corrected chi connectivity index (χ0v) is 18.1. The second-order valence-corrected chi connectivity index (χ2v) is 8.90. The molecule has 154 valence electrons. The van der Waals surface area contributed by atoms with Gasteiger partial charge in [-0.3, -0.25) is 14.5 Å². The van der Waals surface area contributed by atoms with E-state index >= 15 is 0 Å². The van der Waals surface area contributed by atoms with Gasteiger partial charge >= 0.3 is 0 Å². The summed E-state index contributed by atoms with van der Waals surface area (Å²) < 4.78 is 0. The minimum absolute atomic E-state index is 0.198. The van der Waals surface area contributed by atoms with Gasteiger partial charge in [-0.2, -0.15) is 0 Å². The molecule has 6 rings (SSSR count). The highest BCUT2D eigenvalue weighted by molar-refractivity contribution is 7.17. The van der Waals surface area contributed by atoms with Crippen LogP contribution >= 0.6 is 11.3 Å². The summed E-state index contributed by atoms with van der Waals surface area (Å²) in [4.78, 5) is 30.9. The van der Waals surface area contributed by atoms with Gasteiger partial charge < -0.3 is 4.90 Å². The van der Waals surface area contributed by atoms with Gasteiger partial charge in [0.25, 0.3) is 0 Å². The molecule has 0 radical (unpaired) electrons. The van der Waals surface area contributed by atoms with Crippen LogP contribution < -0.4 is 9.80 Å². The maximum atomic E-state index is 12.8. The molecule has 0 saturated carbocycles. The molecule has 4 aromatic rings. The molecule has 0 N–H and O–H groups in total. The van der Waals surface area contributed by atoms with Crippen molar-refractivity contribution in [2.75, 3.05) is 16.8 Å². The molecule has 0 unspecified atom stereocenters. The van der Waals surface area contributed by atoms with Crippen molar-refractivity contribution in [3.05, 3.63) is 107 Å². The lowest BCUT2D eigenvalue weighted by molar-refractivity contribution is 0.0990. The summed E-state index contributed by atoms with van der Waals surface area (Å²) in [5.41, 5.74) is 5.64. The average molecular weight is 435 g/mol. The molecule has 0 fully saturated rings. The first-order valence-electron chi connectivity index (χ1n) is 10.4. The third kappa shape index (κ3) is 2.68. The zero-order valence-electron chi connectivity index (χ0n) is 17.3. The Hall–Kier alpha value is -3.96. The van der Waals surface area contributed by atoms with Crippen LogP contribution in [0.5, 0.6) is 0 Å². The molecule has 1 aromatic heterocycles. The zero-order chi connectivity index (χ0) is 21.8. The predicted molar refractivity (Wildman–Crippen MR) is 130 cm³/mol. The Balaban J connectivity index is 1.44. The van der Waals surface area contributed by atoms with Crippen molar-refractivity contribution in [2.24, 2.45) is 0 Å². The fourth-order valence-electron chi connectivity index (χ4n) is 4.46. The second kappa shape index (κ2) is 7.04. The van der Waals surface area contributed by atoms with Crippen molar-refractivity contribution in [1.29, 1.82) is 0 Å². The van der Waals surface area contributed by atoms with Crippen LogP contribution in [-0.4, -0.2) is 18.6 Å². The van der Waals surface area contributed by atoms with Crippen LogP contribution in [0.4, 0.5) is 27.8 Å². The summed E-state index contributed by atoms with van der Waals surface area (Å²) in [6.07, 6.45) is 1.73. The summed E-state index contributed by atoms with van der Waals surface area (Å²) >= 11 is 1.56. The average Bonchev–Trinajstić information content (AvgIpc) is 3.39. The van der Waals surface area contributed by atoms with E-state index in [0.29, 0.717) is 11.1 Å². The van der Waals surface area contributed by atoms with E-state index in [1.54, 1.807) is 41.7 Å². The Labute approximate surface area is 189 Å². The number of nitrogens with zero attached hydrogens (tertiary/aromatic N) is 2. The topological polar surface area (TPSA) is 40.6 Å². The summed E-state index contributed by atoms with van der Waals surface area (Å²) in [5.74, 6) is -0.397.